The van der Waals surface area contributed by atoms with Crippen molar-refractivity contribution in [3.8, 4) is 0 Å². The van der Waals surface area contributed by atoms with Crippen LogP contribution >= 0.6 is 0 Å². The lowest BCUT2D eigenvalue weighted by Gasteiger charge is -2.40. The monoisotopic (exact) mass is 1180 g/mol. The summed E-state index contributed by atoms with van der Waals surface area (Å²) < 4.78 is 44.5. The van der Waals surface area contributed by atoms with E-state index in [0.717, 1.165) is 105 Å². The minimum Gasteiger partial charge on any atom is -0.385 e. The van der Waals surface area contributed by atoms with Gasteiger partial charge in [0, 0.05) is 103 Å². The molecule has 6 unspecified atom stereocenters. The second-order valence-corrected chi connectivity index (χ2v) is 30.2. The van der Waals surface area contributed by atoms with E-state index in [4.69, 9.17) is 28.4 Å². The normalized spacial score (nSPS) is 25.6. The topological polar surface area (TPSA) is 183 Å². The van der Waals surface area contributed by atoms with Gasteiger partial charge in [0.25, 0.3) is 0 Å². The molecule has 0 amide bonds. The minimum absolute atomic E-state index is 0.188. The predicted molar refractivity (Wildman–Crippen MR) is 321 cm³/mol. The molecule has 0 spiro atoms. The highest BCUT2D eigenvalue weighted by Crippen LogP contribution is 2.28. The Morgan fingerprint density at radius 2 is 0.439 bits per heavy atom. The fraction of sp³-hybridized carbons (Fsp3) is 1.00. The van der Waals surface area contributed by atoms with Crippen molar-refractivity contribution >= 4 is 0 Å². The molecule has 6 heterocycles. The zero-order valence-electron chi connectivity index (χ0n) is 53.7. The fourth-order valence-corrected chi connectivity index (χ4v) is 15.7. The lowest BCUT2D eigenvalue weighted by Crippen LogP contribution is -2.52. The van der Waals surface area contributed by atoms with Gasteiger partial charge < -0.3 is 95.8 Å². The molecule has 0 bridgehead atoms. The summed E-state index contributed by atoms with van der Waals surface area (Å²) in [5.74, 6) is 0. The van der Waals surface area contributed by atoms with Crippen LogP contribution in [0.3, 0.4) is 0 Å². The molecule has 6 rings (SSSR count). The number of nitrogens with zero attached hydrogens (tertiary/aromatic N) is 8. The Labute approximate surface area is 498 Å². The number of likely N-dealkylation sites (tertiary alicyclic amines) is 6. The Balaban J connectivity index is 1.18. The van der Waals surface area contributed by atoms with Crippen molar-refractivity contribution in [3.05, 3.63) is 0 Å². The molecule has 0 aliphatic carbocycles. The Kier molecular flexibility index (Phi) is 28.4. The molecule has 0 saturated carbocycles. The summed E-state index contributed by atoms with van der Waals surface area (Å²) in [4.78, 5) is 4.58. The molecular weight excluding hydrogens is 1050 g/mol. The van der Waals surface area contributed by atoms with E-state index in [0.29, 0.717) is 65.4 Å². The molecule has 6 aliphatic heterocycles. The Bertz CT molecular complexity index is 1460. The smallest absolute Gasteiger partial charge is 0.126 e. The van der Waals surface area contributed by atoms with Crippen LogP contribution in [0.2, 0.25) is 0 Å². The van der Waals surface area contributed by atoms with Crippen LogP contribution < -0.4 is 0 Å². The molecule has 0 aromatic carbocycles. The fourth-order valence-electron chi connectivity index (χ4n) is 15.7. The van der Waals surface area contributed by atoms with Crippen molar-refractivity contribution in [3.63, 3.8) is 0 Å². The maximum atomic E-state index is 11.4. The number of hydrogen-bond donors (Lipinski definition) is 6. The van der Waals surface area contributed by atoms with Crippen molar-refractivity contribution in [2.24, 2.45) is 10.8 Å². The van der Waals surface area contributed by atoms with E-state index >= 15 is 0 Å². The van der Waals surface area contributed by atoms with Crippen molar-refractivity contribution in [1.29, 1.82) is 0 Å². The third-order valence-corrected chi connectivity index (χ3v) is 20.2. The molecule has 6 saturated heterocycles. The minimum atomic E-state index is -0.713. The number of hydrogen-bond acceptors (Lipinski definition) is 14. The highest BCUT2D eigenvalue weighted by atomic mass is 16.5. The lowest BCUT2D eigenvalue weighted by atomic mass is 9.89. The van der Waals surface area contributed by atoms with Crippen molar-refractivity contribution in [1.82, 2.24) is 9.80 Å². The van der Waals surface area contributed by atoms with Gasteiger partial charge >= 0.3 is 0 Å². The summed E-state index contributed by atoms with van der Waals surface area (Å²) in [7, 11) is 17.6. The Hall–Kier alpha value is -0.800. The van der Waals surface area contributed by atoms with Gasteiger partial charge in [-0.25, -0.2) is 0 Å². The van der Waals surface area contributed by atoms with Crippen LogP contribution in [-0.2, 0) is 28.4 Å². The first kappa shape index (κ1) is 70.3. The van der Waals surface area contributed by atoms with Crippen molar-refractivity contribution in [2.75, 3.05) is 280 Å². The van der Waals surface area contributed by atoms with Crippen LogP contribution in [-0.4, -0.2) is 384 Å². The Morgan fingerprint density at radius 3 is 0.585 bits per heavy atom. The Morgan fingerprint density at radius 1 is 0.293 bits per heavy atom. The van der Waals surface area contributed by atoms with Gasteiger partial charge in [-0.3, -0.25) is 0 Å². The molecule has 20 nitrogen and oxygen atoms in total. The summed E-state index contributed by atoms with van der Waals surface area (Å²) in [5.41, 5.74) is -1.43. The number of quaternary nitrogens is 6. The summed E-state index contributed by atoms with van der Waals surface area (Å²) >= 11 is 0. The van der Waals surface area contributed by atoms with Crippen molar-refractivity contribution in [2.45, 2.75) is 114 Å². The van der Waals surface area contributed by atoms with Crippen LogP contribution in [0, 0.1) is 10.8 Å². The van der Waals surface area contributed by atoms with Crippen LogP contribution in [0.25, 0.3) is 0 Å². The number of aliphatic hydroxyl groups is 6. The van der Waals surface area contributed by atoms with Crippen LogP contribution in [0.1, 0.15) is 77.0 Å². The van der Waals surface area contributed by atoms with Gasteiger partial charge in [0.15, 0.2) is 0 Å². The average Bonchev–Trinajstić information content (AvgIpc) is 4.30. The highest BCUT2D eigenvalue weighted by molar-refractivity contribution is 4.86. The molecule has 6 aliphatic rings. The summed E-state index contributed by atoms with van der Waals surface area (Å²) in [6, 6.07) is 0. The van der Waals surface area contributed by atoms with E-state index in [-0.39, 0.29) is 79.3 Å². The van der Waals surface area contributed by atoms with E-state index in [1.807, 2.05) is 0 Å². The second kappa shape index (κ2) is 33.1. The summed E-state index contributed by atoms with van der Waals surface area (Å²) in [6.45, 7) is 21.6. The first-order valence-electron chi connectivity index (χ1n) is 32.8. The largest absolute Gasteiger partial charge is 0.385 e. The third kappa shape index (κ3) is 24.6. The van der Waals surface area contributed by atoms with Crippen LogP contribution in [0.15, 0.2) is 0 Å². The molecule has 0 radical (unpaired) electrons. The van der Waals surface area contributed by atoms with E-state index in [1.165, 1.54) is 77.0 Å². The zero-order valence-corrected chi connectivity index (χ0v) is 53.7. The molecule has 0 aromatic heterocycles. The van der Waals surface area contributed by atoms with Gasteiger partial charge in [-0.05, 0) is 14.1 Å². The van der Waals surface area contributed by atoms with Gasteiger partial charge in [-0.2, -0.15) is 0 Å². The second-order valence-electron chi connectivity index (χ2n) is 30.2. The first-order chi connectivity index (χ1) is 38.8. The van der Waals surface area contributed by atoms with Crippen LogP contribution in [0.4, 0.5) is 0 Å². The lowest BCUT2D eigenvalue weighted by molar-refractivity contribution is -0.900. The van der Waals surface area contributed by atoms with E-state index in [9.17, 15) is 30.6 Å². The first-order valence-corrected chi connectivity index (χ1v) is 32.8. The molecule has 6 atom stereocenters. The van der Waals surface area contributed by atoms with Gasteiger partial charge in [0.2, 0.25) is 0 Å². The third-order valence-electron chi connectivity index (χ3n) is 20.2. The SMILES string of the molecule is CN(CCN(C)CC(COCC(O)C[N+]1(C)CCCC1)(COCC(O)C[N+]1(C)CCCC1)COCC(O)C[N+]1(C)CCCC1)CC(COCC(O)C[N+]1(C)CCCC1)(COCC(O)C[N+]1(C)CCCC1)COCC(O)C[N+]1(C)CCCC1. The molecule has 482 valence electrons. The van der Waals surface area contributed by atoms with Gasteiger partial charge in [0.05, 0.1) is 211 Å². The van der Waals surface area contributed by atoms with E-state index in [2.05, 4.69) is 66.2 Å². The van der Waals surface area contributed by atoms with E-state index < -0.39 is 47.5 Å². The quantitative estimate of drug-likeness (QED) is 0.0466. The van der Waals surface area contributed by atoms with Gasteiger partial charge in [0.1, 0.15) is 75.9 Å². The molecule has 20 heteroatoms. The predicted octanol–water partition coefficient (Wildman–Crippen LogP) is 0.530. The molecule has 6 fully saturated rings. The zero-order chi connectivity index (χ0) is 59.4. The number of aliphatic hydroxyl groups excluding tert-OH is 6. The molecular formula is C62H128N8O12+6. The summed E-state index contributed by atoms with van der Waals surface area (Å²) in [5, 5.41) is 68.4. The van der Waals surface area contributed by atoms with Gasteiger partial charge in [-0.1, -0.05) is 0 Å². The van der Waals surface area contributed by atoms with Gasteiger partial charge in [-0.15, -0.1) is 0 Å². The average molecular weight is 1180 g/mol. The molecule has 0 aromatic rings. The molecule has 6 N–H and O–H groups in total. The summed E-state index contributed by atoms with van der Waals surface area (Å²) in [6.07, 6.45) is 10.3. The number of likely N-dealkylation sites (N-methyl/N-ethyl adjacent to an activating group) is 8. The maximum Gasteiger partial charge on any atom is 0.126 e. The number of rotatable bonds is 43. The number of ether oxygens (including phenoxy) is 6. The molecule has 82 heavy (non-hydrogen) atoms. The highest BCUT2D eigenvalue weighted by Gasteiger charge is 2.41. The maximum absolute atomic E-state index is 11.4. The van der Waals surface area contributed by atoms with Crippen molar-refractivity contribution < 1.29 is 86.0 Å². The van der Waals surface area contributed by atoms with Crippen LogP contribution in [0.5, 0.6) is 0 Å². The van der Waals surface area contributed by atoms with E-state index in [1.54, 1.807) is 0 Å². The standard InChI is InChI=1S/C62H128N8O12/c1-63(47-61(49-77-41-55(71)35-65(3)23-9-10-24-65,50-78-42-56(72)36-66(4)25-11-12-26-66)51-79-43-57(73)37-67(5)27-13-14-28-67)21-22-64(2)48-62(52-80-44-58(74)38-68(6)29-15-16-30-68,53-81-45-59(75)39-69(7)31-17-18-32-69)54-82-46-60(76)40-70(8)33-19-20-34-70/h55-60,71-76H,9-54H2,1-8H3/q+6.